The van der Waals surface area contributed by atoms with Crippen molar-refractivity contribution in [1.82, 2.24) is 0 Å². The van der Waals surface area contributed by atoms with Gasteiger partial charge in [0.2, 0.25) is 0 Å². The number of hydrogen-bond acceptors (Lipinski definition) is 0. The van der Waals surface area contributed by atoms with E-state index in [4.69, 9.17) is 17.0 Å². The summed E-state index contributed by atoms with van der Waals surface area (Å²) in [6.07, 6.45) is 4.83. The molecule has 2 aliphatic rings. The number of benzene rings is 2. The summed E-state index contributed by atoms with van der Waals surface area (Å²) in [5.41, 5.74) is 13.7. The van der Waals surface area contributed by atoms with E-state index in [0.717, 1.165) is 7.37 Å². The van der Waals surface area contributed by atoms with E-state index in [2.05, 4.69) is 101 Å². The van der Waals surface area contributed by atoms with Gasteiger partial charge in [0.05, 0.1) is 0 Å². The molecule has 0 radical (unpaired) electrons. The molecule has 0 N–H and O–H groups in total. The molecule has 2 aromatic carbocycles. The van der Waals surface area contributed by atoms with Crippen molar-refractivity contribution in [3.8, 4) is 0 Å². The van der Waals surface area contributed by atoms with Gasteiger partial charge in [-0.1, -0.05) is 0 Å². The Morgan fingerprint density at radius 1 is 0.676 bits per heavy atom. The summed E-state index contributed by atoms with van der Waals surface area (Å²) in [5, 5.41) is 0. The van der Waals surface area contributed by atoms with Gasteiger partial charge in [0.1, 0.15) is 0 Å². The van der Waals surface area contributed by atoms with Gasteiger partial charge in [-0.3, -0.25) is 0 Å². The number of hydrogen-bond donors (Lipinski definition) is 0. The Labute approximate surface area is 211 Å². The maximum atomic E-state index is 8.50. The van der Waals surface area contributed by atoms with Crippen LogP contribution in [0.3, 0.4) is 0 Å². The predicted molar refractivity (Wildman–Crippen MR) is 157 cm³/mol. The Morgan fingerprint density at radius 3 is 1.29 bits per heavy atom. The van der Waals surface area contributed by atoms with E-state index < -0.39 is 12.6 Å². The second-order valence-electron chi connectivity index (χ2n) is 14.6. The molecular weight excluding hydrogens is 551 g/mol. The van der Waals surface area contributed by atoms with E-state index in [1.54, 1.807) is 0 Å². The normalized spacial score (nSPS) is 23.2. The molecule has 0 bridgehead atoms. The van der Waals surface area contributed by atoms with Gasteiger partial charge >= 0.3 is 213 Å². The third-order valence-electron chi connectivity index (χ3n) is 9.06. The molecule has 0 spiro atoms. The zero-order valence-electron chi connectivity index (χ0n) is 23.0. The minimum atomic E-state index is -5.58. The molecule has 34 heavy (non-hydrogen) atoms. The summed E-state index contributed by atoms with van der Waals surface area (Å²) in [4.78, 5) is 0. The Bertz CT molecular complexity index is 1220. The van der Waals surface area contributed by atoms with Crippen molar-refractivity contribution in [2.75, 3.05) is 0 Å². The van der Waals surface area contributed by atoms with E-state index in [1.807, 2.05) is 0 Å². The van der Waals surface area contributed by atoms with Crippen LogP contribution in [0.1, 0.15) is 105 Å². The second kappa shape index (κ2) is 6.92. The fourth-order valence-electron chi connectivity index (χ4n) is 8.09. The molecule has 0 heterocycles. The first-order valence-electron chi connectivity index (χ1n) is 13.0. The molecule has 0 saturated carbocycles. The predicted octanol–water partition coefficient (Wildman–Crippen LogP) is 9.61. The topological polar surface area (TPSA) is 0 Å². The molecule has 2 aromatic rings. The van der Waals surface area contributed by atoms with Gasteiger partial charge in [0.25, 0.3) is 0 Å². The Hall–Kier alpha value is -0.400. The molecular formula is C30H43Cl2SiZr. The van der Waals surface area contributed by atoms with Crippen molar-refractivity contribution < 1.29 is 12.6 Å². The molecule has 0 nitrogen and oxygen atoms in total. The first-order valence-corrected chi connectivity index (χ1v) is 35.4. The summed E-state index contributed by atoms with van der Waals surface area (Å²) in [6, 6.07) is 9.21. The number of rotatable bonds is 4. The van der Waals surface area contributed by atoms with Crippen LogP contribution in [0.25, 0.3) is 12.2 Å². The molecule has 2 unspecified atom stereocenters. The summed E-state index contributed by atoms with van der Waals surface area (Å²) < 4.78 is 4.87. The first kappa shape index (κ1) is 26.7. The monoisotopic (exact) mass is 591 g/mol. The molecule has 0 saturated heterocycles. The minimum absolute atomic E-state index is 0.0712. The third-order valence-corrected chi connectivity index (χ3v) is 37.0. The van der Waals surface area contributed by atoms with Crippen molar-refractivity contribution in [1.29, 1.82) is 0 Å². The standard InChI is InChI=1S/2C14H17.2CH3.2ClH.H3Si.Zr/c2*1-9(2)12-6-5-11(4)13-7-10(3)8-14(12)13;;;;;;/h2*5-9H,1-4H3;2*1H3;2*1H;1H3;/q;;;;;;;+2/p-2. The van der Waals surface area contributed by atoms with Crippen LogP contribution < -0.4 is 0 Å². The summed E-state index contributed by atoms with van der Waals surface area (Å²) in [7, 11) is 17.8. The van der Waals surface area contributed by atoms with Gasteiger partial charge in [-0.2, -0.15) is 0 Å². The SMILES string of the molecule is CC1=Cc2c(C(C)C)ccc(C)c2[CH]1[Zr]([CH3])([CH3])([SiH3])([Cl])([Cl])[CH]1C(C)=Cc2c(C(C)C)ccc(C)c21. The average Bonchev–Trinajstić information content (AvgIpc) is 3.20. The molecule has 2 aliphatic carbocycles. The zero-order chi connectivity index (χ0) is 25.7. The number of allylic oxidation sites excluding steroid dienone is 2. The van der Waals surface area contributed by atoms with Crippen LogP contribution in [0, 0.1) is 13.8 Å². The van der Waals surface area contributed by atoms with Crippen molar-refractivity contribution in [2.24, 2.45) is 0 Å². The fraction of sp³-hybridized carbons (Fsp3) is 0.467. The number of aryl methyl sites for hydroxylation is 2. The van der Waals surface area contributed by atoms with Crippen molar-refractivity contribution in [3.63, 3.8) is 0 Å². The van der Waals surface area contributed by atoms with Gasteiger partial charge in [-0.05, 0) is 0 Å². The summed E-state index contributed by atoms with van der Waals surface area (Å²) >= 11 is -5.58. The third kappa shape index (κ3) is 3.69. The number of fused-ring (bicyclic) bond motifs is 2. The first-order chi connectivity index (χ1) is 15.2. The van der Waals surface area contributed by atoms with E-state index >= 15 is 0 Å². The summed E-state index contributed by atoms with van der Waals surface area (Å²) in [6.45, 7) is 18.2. The van der Waals surface area contributed by atoms with E-state index in [1.165, 1.54) is 55.7 Å². The molecule has 0 aromatic heterocycles. The van der Waals surface area contributed by atoms with Crippen LogP contribution in [-0.4, -0.2) is 7.37 Å². The molecule has 0 amide bonds. The average molecular weight is 594 g/mol. The quantitative estimate of drug-likeness (QED) is 0.310. The maximum absolute atomic E-state index is 8.50. The van der Waals surface area contributed by atoms with Crippen LogP contribution in [0.2, 0.25) is 9.26 Å². The Morgan fingerprint density at radius 2 is 1.00 bits per heavy atom. The zero-order valence-corrected chi connectivity index (χ0v) is 29.0. The Balaban J connectivity index is 2.12. The molecule has 4 rings (SSSR count). The molecule has 4 heteroatoms. The van der Waals surface area contributed by atoms with Crippen LogP contribution in [0.4, 0.5) is 0 Å². The number of halogens is 2. The van der Waals surface area contributed by atoms with Crippen LogP contribution in [0.15, 0.2) is 35.4 Å². The van der Waals surface area contributed by atoms with E-state index in [0.29, 0.717) is 11.8 Å². The van der Waals surface area contributed by atoms with Crippen LogP contribution >= 0.6 is 17.0 Å². The van der Waals surface area contributed by atoms with Gasteiger partial charge in [-0.15, -0.1) is 0 Å². The van der Waals surface area contributed by atoms with Gasteiger partial charge in [0.15, 0.2) is 0 Å². The van der Waals surface area contributed by atoms with Crippen molar-refractivity contribution in [3.05, 3.63) is 79.9 Å². The van der Waals surface area contributed by atoms with E-state index in [-0.39, 0.29) is 7.25 Å². The summed E-state index contributed by atoms with van der Waals surface area (Å²) in [5.74, 6) is 0.918. The molecule has 185 valence electrons. The molecule has 0 fully saturated rings. The van der Waals surface area contributed by atoms with Gasteiger partial charge < -0.3 is 0 Å². The Kier molecular flexibility index (Phi) is 5.42. The van der Waals surface area contributed by atoms with Crippen molar-refractivity contribution >= 4 is 36.5 Å². The fourth-order valence-corrected chi connectivity index (χ4v) is 42.5. The molecule has 2 atom stereocenters. The van der Waals surface area contributed by atoms with Crippen LogP contribution in [0.5, 0.6) is 0 Å². The van der Waals surface area contributed by atoms with E-state index in [9.17, 15) is 0 Å². The van der Waals surface area contributed by atoms with Crippen molar-refractivity contribution in [2.45, 2.75) is 83.7 Å². The van der Waals surface area contributed by atoms with Crippen LogP contribution in [-0.2, 0) is 12.6 Å². The van der Waals surface area contributed by atoms with Gasteiger partial charge in [-0.25, -0.2) is 0 Å². The second-order valence-corrected chi connectivity index (χ2v) is 96.2. The van der Waals surface area contributed by atoms with Gasteiger partial charge in [0, 0.05) is 0 Å². The molecule has 0 aliphatic heterocycles.